The third kappa shape index (κ3) is 2.77. The molecule has 0 bridgehead atoms. The van der Waals surface area contributed by atoms with Crippen molar-refractivity contribution in [1.29, 1.82) is 0 Å². The third-order valence-corrected chi connectivity index (χ3v) is 4.18. The SMILES string of the molecule is O=C(O)/C=C/c1ccccc1N1CCN2C(=O)CCC2C1. The zero-order valence-corrected chi connectivity index (χ0v) is 11.7. The molecule has 0 aromatic heterocycles. The Hall–Kier alpha value is -2.30. The monoisotopic (exact) mass is 286 g/mol. The number of amides is 1. The molecule has 1 unspecified atom stereocenters. The maximum Gasteiger partial charge on any atom is 0.328 e. The highest BCUT2D eigenvalue weighted by Gasteiger charge is 2.35. The highest BCUT2D eigenvalue weighted by molar-refractivity contribution is 5.87. The molecule has 5 heteroatoms. The van der Waals surface area contributed by atoms with Gasteiger partial charge in [0.1, 0.15) is 0 Å². The van der Waals surface area contributed by atoms with Crippen molar-refractivity contribution in [2.75, 3.05) is 24.5 Å². The smallest absolute Gasteiger partial charge is 0.328 e. The van der Waals surface area contributed by atoms with Crippen LogP contribution in [0.1, 0.15) is 18.4 Å². The van der Waals surface area contributed by atoms with Crippen molar-refractivity contribution in [3.05, 3.63) is 35.9 Å². The van der Waals surface area contributed by atoms with Crippen LogP contribution in [0.2, 0.25) is 0 Å². The van der Waals surface area contributed by atoms with Crippen LogP contribution in [0.25, 0.3) is 6.08 Å². The Morgan fingerprint density at radius 2 is 2.10 bits per heavy atom. The number of carbonyl (C=O) groups excluding carboxylic acids is 1. The second-order valence-corrected chi connectivity index (χ2v) is 5.46. The molecular formula is C16H18N2O3. The van der Waals surface area contributed by atoms with E-state index in [1.54, 1.807) is 6.08 Å². The van der Waals surface area contributed by atoms with E-state index in [9.17, 15) is 9.59 Å². The number of nitrogens with zero attached hydrogens (tertiary/aromatic N) is 2. The molecule has 3 rings (SSSR count). The van der Waals surface area contributed by atoms with E-state index >= 15 is 0 Å². The summed E-state index contributed by atoms with van der Waals surface area (Å²) in [7, 11) is 0. The van der Waals surface area contributed by atoms with Crippen LogP contribution >= 0.6 is 0 Å². The number of fused-ring (bicyclic) bond motifs is 1. The van der Waals surface area contributed by atoms with E-state index in [0.29, 0.717) is 12.5 Å². The van der Waals surface area contributed by atoms with Gasteiger partial charge in [0.15, 0.2) is 0 Å². The molecule has 2 heterocycles. The van der Waals surface area contributed by atoms with E-state index in [1.807, 2.05) is 29.2 Å². The predicted molar refractivity (Wildman–Crippen MR) is 80.1 cm³/mol. The lowest BCUT2D eigenvalue weighted by molar-refractivity contribution is -0.131. The summed E-state index contributed by atoms with van der Waals surface area (Å²) in [5, 5.41) is 8.78. The van der Waals surface area contributed by atoms with Gasteiger partial charge in [-0.3, -0.25) is 4.79 Å². The first-order valence-electron chi connectivity index (χ1n) is 7.19. The van der Waals surface area contributed by atoms with Gasteiger partial charge in [-0.2, -0.15) is 0 Å². The van der Waals surface area contributed by atoms with Crippen LogP contribution in [0.5, 0.6) is 0 Å². The first kappa shape index (κ1) is 13.7. The molecule has 1 aromatic rings. The van der Waals surface area contributed by atoms with Crippen LogP contribution < -0.4 is 4.90 Å². The first-order chi connectivity index (χ1) is 10.1. The Kier molecular flexibility index (Phi) is 3.64. The lowest BCUT2D eigenvalue weighted by atomic mass is 10.1. The predicted octanol–water partition coefficient (Wildman–Crippen LogP) is 1.60. The number of carboxylic acid groups (broad SMARTS) is 1. The molecule has 1 atom stereocenters. The van der Waals surface area contributed by atoms with Gasteiger partial charge in [0.05, 0.1) is 0 Å². The molecular weight excluding hydrogens is 268 g/mol. The quantitative estimate of drug-likeness (QED) is 0.857. The number of carbonyl (C=O) groups is 2. The van der Waals surface area contributed by atoms with Gasteiger partial charge in [0.2, 0.25) is 5.91 Å². The van der Waals surface area contributed by atoms with Gasteiger partial charge >= 0.3 is 5.97 Å². The van der Waals surface area contributed by atoms with Crippen LogP contribution in [-0.4, -0.2) is 47.6 Å². The summed E-state index contributed by atoms with van der Waals surface area (Å²) >= 11 is 0. The number of hydrogen-bond donors (Lipinski definition) is 1. The maximum atomic E-state index is 11.7. The van der Waals surface area contributed by atoms with Gasteiger partial charge < -0.3 is 14.9 Å². The average Bonchev–Trinajstić information content (AvgIpc) is 2.86. The van der Waals surface area contributed by atoms with E-state index < -0.39 is 5.97 Å². The minimum Gasteiger partial charge on any atom is -0.478 e. The zero-order valence-electron chi connectivity index (χ0n) is 11.7. The first-order valence-corrected chi connectivity index (χ1v) is 7.19. The fourth-order valence-corrected chi connectivity index (χ4v) is 3.16. The summed E-state index contributed by atoms with van der Waals surface area (Å²) in [6.07, 6.45) is 4.36. The van der Waals surface area contributed by atoms with Crippen molar-refractivity contribution in [2.24, 2.45) is 0 Å². The number of aliphatic carboxylic acids is 1. The summed E-state index contributed by atoms with van der Waals surface area (Å²) in [5.41, 5.74) is 1.94. The average molecular weight is 286 g/mol. The lowest BCUT2D eigenvalue weighted by Gasteiger charge is -2.39. The summed E-state index contributed by atoms with van der Waals surface area (Å²) < 4.78 is 0. The van der Waals surface area contributed by atoms with Gasteiger partial charge in [-0.25, -0.2) is 4.79 Å². The number of carboxylic acids is 1. The Morgan fingerprint density at radius 1 is 1.29 bits per heavy atom. The minimum atomic E-state index is -0.948. The van der Waals surface area contributed by atoms with Crippen molar-refractivity contribution < 1.29 is 14.7 Å². The molecule has 0 aliphatic carbocycles. The zero-order chi connectivity index (χ0) is 14.8. The number of rotatable bonds is 3. The van der Waals surface area contributed by atoms with E-state index in [4.69, 9.17) is 5.11 Å². The van der Waals surface area contributed by atoms with E-state index in [-0.39, 0.29) is 5.91 Å². The molecule has 110 valence electrons. The van der Waals surface area contributed by atoms with Crippen molar-refractivity contribution in [3.63, 3.8) is 0 Å². The number of piperazine rings is 1. The Morgan fingerprint density at radius 3 is 2.90 bits per heavy atom. The second kappa shape index (κ2) is 5.60. The van der Waals surface area contributed by atoms with Crippen LogP contribution in [0.4, 0.5) is 5.69 Å². The molecule has 0 spiro atoms. The van der Waals surface area contributed by atoms with Crippen LogP contribution in [-0.2, 0) is 9.59 Å². The summed E-state index contributed by atoms with van der Waals surface area (Å²) in [6.45, 7) is 2.37. The second-order valence-electron chi connectivity index (χ2n) is 5.46. The summed E-state index contributed by atoms with van der Waals surface area (Å²) in [6, 6.07) is 8.08. The normalized spacial score (nSPS) is 21.9. The fraction of sp³-hybridized carbons (Fsp3) is 0.375. The van der Waals surface area contributed by atoms with Gasteiger partial charge in [-0.1, -0.05) is 18.2 Å². The van der Waals surface area contributed by atoms with Gasteiger partial charge in [0.25, 0.3) is 0 Å². The Bertz CT molecular complexity index is 597. The largest absolute Gasteiger partial charge is 0.478 e. The van der Waals surface area contributed by atoms with Crippen LogP contribution in [0, 0.1) is 0 Å². The Labute approximate surface area is 123 Å². The minimum absolute atomic E-state index is 0.263. The van der Waals surface area contributed by atoms with Crippen LogP contribution in [0.15, 0.2) is 30.3 Å². The number of benzene rings is 1. The Balaban J connectivity index is 1.81. The molecule has 1 amide bonds. The number of para-hydroxylation sites is 1. The molecule has 1 N–H and O–H groups in total. The van der Waals surface area contributed by atoms with Crippen molar-refractivity contribution >= 4 is 23.6 Å². The van der Waals surface area contributed by atoms with E-state index in [0.717, 1.165) is 43.4 Å². The van der Waals surface area contributed by atoms with Gasteiger partial charge in [-0.15, -0.1) is 0 Å². The molecule has 2 aliphatic rings. The molecule has 2 saturated heterocycles. The number of anilines is 1. The van der Waals surface area contributed by atoms with Crippen LogP contribution in [0.3, 0.4) is 0 Å². The molecule has 0 saturated carbocycles. The highest BCUT2D eigenvalue weighted by Crippen LogP contribution is 2.28. The standard InChI is InChI=1S/C16H18N2O3/c19-15-7-6-13-11-17(9-10-18(13)15)14-4-2-1-3-12(14)5-8-16(20)21/h1-5,8,13H,6-7,9-11H2,(H,20,21)/b8-5+. The van der Waals surface area contributed by atoms with Crippen molar-refractivity contribution in [3.8, 4) is 0 Å². The molecule has 1 aromatic carbocycles. The molecule has 5 nitrogen and oxygen atoms in total. The highest BCUT2D eigenvalue weighted by atomic mass is 16.4. The van der Waals surface area contributed by atoms with Crippen molar-refractivity contribution in [2.45, 2.75) is 18.9 Å². The third-order valence-electron chi connectivity index (χ3n) is 4.18. The molecule has 2 fully saturated rings. The van der Waals surface area contributed by atoms with E-state index in [1.165, 1.54) is 0 Å². The topological polar surface area (TPSA) is 60.9 Å². The summed E-state index contributed by atoms with van der Waals surface area (Å²) in [4.78, 5) is 26.7. The summed E-state index contributed by atoms with van der Waals surface area (Å²) in [5.74, 6) is -0.685. The van der Waals surface area contributed by atoms with Gasteiger partial charge in [-0.05, 0) is 24.1 Å². The number of hydrogen-bond acceptors (Lipinski definition) is 3. The van der Waals surface area contributed by atoms with E-state index in [2.05, 4.69) is 4.90 Å². The van der Waals surface area contributed by atoms with Gasteiger partial charge in [0, 0.05) is 43.9 Å². The molecule has 0 radical (unpaired) electrons. The lowest BCUT2D eigenvalue weighted by Crippen LogP contribution is -2.51. The maximum absolute atomic E-state index is 11.7. The molecule has 21 heavy (non-hydrogen) atoms. The fourth-order valence-electron chi connectivity index (χ4n) is 3.16. The molecule has 2 aliphatic heterocycles. The van der Waals surface area contributed by atoms with Crippen molar-refractivity contribution in [1.82, 2.24) is 4.90 Å².